The highest BCUT2D eigenvalue weighted by molar-refractivity contribution is 7.99. The molecule has 0 heterocycles. The lowest BCUT2D eigenvalue weighted by Crippen LogP contribution is -2.06. The zero-order chi connectivity index (χ0) is 19.9. The summed E-state index contributed by atoms with van der Waals surface area (Å²) in [7, 11) is 1.65. The minimum Gasteiger partial charge on any atom is -0.497 e. The van der Waals surface area contributed by atoms with Gasteiger partial charge in [-0.15, -0.1) is 11.8 Å². The van der Waals surface area contributed by atoms with Gasteiger partial charge in [0.15, 0.2) is 0 Å². The summed E-state index contributed by atoms with van der Waals surface area (Å²) in [5.41, 5.74) is 1.63. The van der Waals surface area contributed by atoms with Crippen LogP contribution in [0.4, 0.5) is 0 Å². The van der Waals surface area contributed by atoms with Crippen LogP contribution in [0.2, 0.25) is 5.02 Å². The lowest BCUT2D eigenvalue weighted by molar-refractivity contribution is -0.140. The van der Waals surface area contributed by atoms with Crippen LogP contribution in [0.25, 0.3) is 10.8 Å². The normalized spacial score (nSPS) is 11.5. The second-order valence-corrected chi connectivity index (χ2v) is 7.61. The van der Waals surface area contributed by atoms with Crippen molar-refractivity contribution >= 4 is 45.8 Å². The number of fused-ring (bicyclic) bond motifs is 1. The zero-order valence-electron chi connectivity index (χ0n) is 15.6. The predicted molar refractivity (Wildman–Crippen MR) is 116 cm³/mol. The van der Waals surface area contributed by atoms with Crippen molar-refractivity contribution in [2.45, 2.75) is 18.2 Å². The number of methoxy groups -OCH3 is 1. The maximum Gasteiger partial charge on any atom is 0.331 e. The molecule has 0 saturated heterocycles. The van der Waals surface area contributed by atoms with Crippen molar-refractivity contribution in [2.24, 2.45) is 5.16 Å². The number of benzene rings is 3. The molecule has 0 fully saturated rings. The monoisotopic (exact) mass is 413 g/mol. The number of oxime groups is 1. The molecule has 0 bridgehead atoms. The van der Waals surface area contributed by atoms with Crippen LogP contribution in [-0.2, 0) is 9.63 Å². The Balaban J connectivity index is 1.83. The molecule has 0 amide bonds. The lowest BCUT2D eigenvalue weighted by atomic mass is 9.99. The molecule has 3 aromatic carbocycles. The van der Waals surface area contributed by atoms with Crippen LogP contribution in [-0.4, -0.2) is 24.5 Å². The summed E-state index contributed by atoms with van der Waals surface area (Å²) >= 11 is 8.03. The van der Waals surface area contributed by atoms with Gasteiger partial charge in [-0.1, -0.05) is 47.1 Å². The third-order valence-electron chi connectivity index (χ3n) is 4.13. The van der Waals surface area contributed by atoms with Gasteiger partial charge in [0.1, 0.15) is 5.75 Å². The highest BCUT2D eigenvalue weighted by Crippen LogP contribution is 2.29. The summed E-state index contributed by atoms with van der Waals surface area (Å²) in [5, 5.41) is 6.73. The van der Waals surface area contributed by atoms with Crippen molar-refractivity contribution in [3.8, 4) is 5.75 Å². The molecule has 4 nitrogen and oxygen atoms in total. The molecule has 0 aliphatic heterocycles. The molecule has 0 radical (unpaired) electrons. The Hall–Kier alpha value is -2.50. The number of halogens is 1. The Morgan fingerprint density at radius 1 is 1.04 bits per heavy atom. The standard InChI is InChI=1S/C22H20ClNO3S/c1-15(25)27-24-22(13-14-28-17-9-7-16(26-2)8-10-17)20-11-12-21(23)19-6-4-3-5-18(19)20/h3-12H,13-14H2,1-2H3. The van der Waals surface area contributed by atoms with Crippen molar-refractivity contribution in [2.75, 3.05) is 12.9 Å². The third-order valence-corrected chi connectivity index (χ3v) is 5.48. The second-order valence-electron chi connectivity index (χ2n) is 6.04. The predicted octanol–water partition coefficient (Wildman–Crippen LogP) is 5.95. The Morgan fingerprint density at radius 2 is 1.75 bits per heavy atom. The SMILES string of the molecule is COc1ccc(SCCC(=NOC(C)=O)c2ccc(Cl)c3ccccc23)cc1. The number of nitrogens with zero attached hydrogens (tertiary/aromatic N) is 1. The first kappa shape index (κ1) is 20.2. The van der Waals surface area contributed by atoms with Gasteiger partial charge in [0.25, 0.3) is 0 Å². The second kappa shape index (κ2) is 9.62. The number of rotatable bonds is 7. The molecular formula is C22H20ClNO3S. The molecule has 0 saturated carbocycles. The van der Waals surface area contributed by atoms with Gasteiger partial charge in [0.2, 0.25) is 0 Å². The fourth-order valence-electron chi connectivity index (χ4n) is 2.80. The number of carbonyl (C=O) groups excluding carboxylic acids is 1. The quantitative estimate of drug-likeness (QED) is 0.208. The maximum atomic E-state index is 11.3. The number of carbonyl (C=O) groups is 1. The molecule has 0 aliphatic rings. The van der Waals surface area contributed by atoms with E-state index >= 15 is 0 Å². The smallest absolute Gasteiger partial charge is 0.331 e. The van der Waals surface area contributed by atoms with Gasteiger partial charge in [0.05, 0.1) is 12.8 Å². The third kappa shape index (κ3) is 5.06. The molecule has 3 rings (SSSR count). The van der Waals surface area contributed by atoms with Gasteiger partial charge in [0, 0.05) is 40.0 Å². The largest absolute Gasteiger partial charge is 0.497 e. The first-order chi connectivity index (χ1) is 13.6. The number of hydrogen-bond acceptors (Lipinski definition) is 5. The van der Waals surface area contributed by atoms with E-state index in [0.717, 1.165) is 32.7 Å². The molecule has 0 aromatic heterocycles. The maximum absolute atomic E-state index is 11.3. The molecule has 28 heavy (non-hydrogen) atoms. The number of thioether (sulfide) groups is 1. The summed E-state index contributed by atoms with van der Waals surface area (Å²) < 4.78 is 5.19. The van der Waals surface area contributed by atoms with E-state index in [4.69, 9.17) is 21.2 Å². The molecule has 0 spiro atoms. The Labute approximate surface area is 173 Å². The van der Waals surface area contributed by atoms with Gasteiger partial charge in [-0.25, -0.2) is 4.79 Å². The Morgan fingerprint density at radius 3 is 2.43 bits per heavy atom. The highest BCUT2D eigenvalue weighted by atomic mass is 35.5. The Bertz CT molecular complexity index is 1000. The van der Waals surface area contributed by atoms with Crippen LogP contribution in [0.15, 0.2) is 70.7 Å². The van der Waals surface area contributed by atoms with E-state index in [1.54, 1.807) is 18.9 Å². The fourth-order valence-corrected chi connectivity index (χ4v) is 3.89. The van der Waals surface area contributed by atoms with Crippen molar-refractivity contribution < 1.29 is 14.4 Å². The first-order valence-corrected chi connectivity index (χ1v) is 10.1. The first-order valence-electron chi connectivity index (χ1n) is 8.77. The molecule has 6 heteroatoms. The Kier molecular flexibility index (Phi) is 6.95. The molecular weight excluding hydrogens is 394 g/mol. The van der Waals surface area contributed by atoms with Gasteiger partial charge in [-0.05, 0) is 35.7 Å². The van der Waals surface area contributed by atoms with E-state index in [-0.39, 0.29) is 0 Å². The zero-order valence-corrected chi connectivity index (χ0v) is 17.2. The summed E-state index contributed by atoms with van der Waals surface area (Å²) in [4.78, 5) is 17.4. The summed E-state index contributed by atoms with van der Waals surface area (Å²) in [5.74, 6) is 1.16. The minimum absolute atomic E-state index is 0.446. The summed E-state index contributed by atoms with van der Waals surface area (Å²) in [6.07, 6.45) is 0.635. The van der Waals surface area contributed by atoms with Crippen molar-refractivity contribution in [3.05, 3.63) is 71.2 Å². The van der Waals surface area contributed by atoms with Crippen molar-refractivity contribution in [1.29, 1.82) is 0 Å². The van der Waals surface area contributed by atoms with E-state index in [1.807, 2.05) is 60.7 Å². The van der Waals surface area contributed by atoms with Crippen LogP contribution in [0.3, 0.4) is 0 Å². The van der Waals surface area contributed by atoms with E-state index in [0.29, 0.717) is 17.2 Å². The van der Waals surface area contributed by atoms with Crippen LogP contribution in [0, 0.1) is 0 Å². The number of hydrogen-bond donors (Lipinski definition) is 0. The minimum atomic E-state index is -0.446. The van der Waals surface area contributed by atoms with Crippen LogP contribution in [0.1, 0.15) is 18.9 Å². The molecule has 0 aliphatic carbocycles. The van der Waals surface area contributed by atoms with E-state index in [2.05, 4.69) is 5.16 Å². The lowest BCUT2D eigenvalue weighted by Gasteiger charge is -2.11. The van der Waals surface area contributed by atoms with Crippen molar-refractivity contribution in [1.82, 2.24) is 0 Å². The van der Waals surface area contributed by atoms with Gasteiger partial charge >= 0.3 is 5.97 Å². The van der Waals surface area contributed by atoms with E-state index in [1.165, 1.54) is 6.92 Å². The average molecular weight is 414 g/mol. The highest BCUT2D eigenvalue weighted by Gasteiger charge is 2.12. The molecule has 144 valence electrons. The molecule has 0 N–H and O–H groups in total. The number of ether oxygens (including phenoxy) is 1. The summed E-state index contributed by atoms with van der Waals surface area (Å²) in [6.45, 7) is 1.34. The van der Waals surface area contributed by atoms with Gasteiger partial charge < -0.3 is 9.57 Å². The van der Waals surface area contributed by atoms with Gasteiger partial charge in [-0.2, -0.15) is 0 Å². The fraction of sp³-hybridized carbons (Fsp3) is 0.182. The topological polar surface area (TPSA) is 47.9 Å². The van der Waals surface area contributed by atoms with Gasteiger partial charge in [-0.3, -0.25) is 0 Å². The molecule has 0 unspecified atom stereocenters. The summed E-state index contributed by atoms with van der Waals surface area (Å²) in [6, 6.07) is 19.5. The van der Waals surface area contributed by atoms with E-state index < -0.39 is 5.97 Å². The van der Waals surface area contributed by atoms with Crippen LogP contribution in [0.5, 0.6) is 5.75 Å². The van der Waals surface area contributed by atoms with E-state index in [9.17, 15) is 4.79 Å². The average Bonchev–Trinajstić information content (AvgIpc) is 2.72. The van der Waals surface area contributed by atoms with Crippen LogP contribution < -0.4 is 4.74 Å². The van der Waals surface area contributed by atoms with Crippen molar-refractivity contribution in [3.63, 3.8) is 0 Å². The van der Waals surface area contributed by atoms with Crippen LogP contribution >= 0.6 is 23.4 Å². The molecule has 0 atom stereocenters. The molecule has 3 aromatic rings.